The summed E-state index contributed by atoms with van der Waals surface area (Å²) in [6.45, 7) is 1.57. The van der Waals surface area contributed by atoms with Crippen LogP contribution in [0.25, 0.3) is 0 Å². The lowest BCUT2D eigenvalue weighted by atomic mass is 10.2. The lowest BCUT2D eigenvalue weighted by Gasteiger charge is -2.03. The number of anilines is 1. The minimum atomic E-state index is -1.20. The minimum absolute atomic E-state index is 0.362. The number of aryl methyl sites for hydroxylation is 1. The average molecular weight is 223 g/mol. The molecule has 16 heavy (non-hydrogen) atoms. The van der Waals surface area contributed by atoms with E-state index in [4.69, 9.17) is 5.11 Å². The van der Waals surface area contributed by atoms with Crippen LogP contribution in [0.3, 0.4) is 0 Å². The van der Waals surface area contributed by atoms with Gasteiger partial charge < -0.3 is 10.4 Å². The maximum absolute atomic E-state index is 12.9. The molecule has 1 aromatic rings. The minimum Gasteiger partial charge on any atom is -0.478 e. The summed E-state index contributed by atoms with van der Waals surface area (Å²) in [4.78, 5) is 21.3. The van der Waals surface area contributed by atoms with E-state index >= 15 is 0 Å². The summed E-state index contributed by atoms with van der Waals surface area (Å²) >= 11 is 0. The Labute approximate surface area is 91.4 Å². The molecule has 0 fully saturated rings. The second-order valence-electron chi connectivity index (χ2n) is 3.12. The molecule has 0 bridgehead atoms. The second-order valence-corrected chi connectivity index (χ2v) is 3.12. The molecule has 4 nitrogen and oxygen atoms in total. The van der Waals surface area contributed by atoms with Gasteiger partial charge in [-0.1, -0.05) is 0 Å². The van der Waals surface area contributed by atoms with E-state index in [1.165, 1.54) is 18.2 Å². The third-order valence-corrected chi connectivity index (χ3v) is 1.80. The number of nitrogens with one attached hydrogen (secondary N) is 1. The number of carboxylic acids is 1. The maximum atomic E-state index is 12.9. The topological polar surface area (TPSA) is 66.4 Å². The number of carboxylic acid groups (broad SMARTS) is 1. The molecule has 0 saturated carbocycles. The summed E-state index contributed by atoms with van der Waals surface area (Å²) in [6.07, 6.45) is 1.62. The van der Waals surface area contributed by atoms with Crippen LogP contribution in [0.5, 0.6) is 0 Å². The largest absolute Gasteiger partial charge is 0.478 e. The molecule has 84 valence electrons. The highest BCUT2D eigenvalue weighted by atomic mass is 19.1. The zero-order valence-electron chi connectivity index (χ0n) is 8.53. The monoisotopic (exact) mass is 223 g/mol. The highest BCUT2D eigenvalue weighted by Gasteiger charge is 2.01. The quantitative estimate of drug-likeness (QED) is 0.766. The molecule has 0 unspecified atom stereocenters. The zero-order valence-corrected chi connectivity index (χ0v) is 8.53. The van der Waals surface area contributed by atoms with Crippen LogP contribution in [-0.2, 0) is 9.59 Å². The van der Waals surface area contributed by atoms with Gasteiger partial charge in [0.25, 0.3) is 0 Å². The van der Waals surface area contributed by atoms with Crippen molar-refractivity contribution in [3.8, 4) is 0 Å². The van der Waals surface area contributed by atoms with E-state index in [1.54, 1.807) is 6.92 Å². The van der Waals surface area contributed by atoms with E-state index in [0.29, 0.717) is 11.3 Å². The summed E-state index contributed by atoms with van der Waals surface area (Å²) in [5, 5.41) is 10.7. The van der Waals surface area contributed by atoms with Crippen LogP contribution in [0.15, 0.2) is 30.4 Å². The predicted octanol–water partition coefficient (Wildman–Crippen LogP) is 1.71. The van der Waals surface area contributed by atoms with Crippen LogP contribution in [0.1, 0.15) is 5.56 Å². The Balaban J connectivity index is 2.70. The Morgan fingerprint density at radius 1 is 1.38 bits per heavy atom. The molecular formula is C11H10FNO3. The number of amides is 1. The summed E-state index contributed by atoms with van der Waals surface area (Å²) in [7, 11) is 0. The highest BCUT2D eigenvalue weighted by molar-refractivity contribution is 6.02. The van der Waals surface area contributed by atoms with Crippen molar-refractivity contribution in [3.05, 3.63) is 41.7 Å². The summed E-state index contributed by atoms with van der Waals surface area (Å²) in [5.41, 5.74) is 0.818. The van der Waals surface area contributed by atoms with E-state index in [9.17, 15) is 14.0 Å². The van der Waals surface area contributed by atoms with Crippen molar-refractivity contribution < 1.29 is 19.1 Å². The third-order valence-electron chi connectivity index (χ3n) is 1.80. The number of benzene rings is 1. The van der Waals surface area contributed by atoms with Gasteiger partial charge >= 0.3 is 5.97 Å². The SMILES string of the molecule is Cc1cc(NC(=O)C=CC(=O)O)ccc1F. The molecule has 0 aliphatic heterocycles. The molecule has 2 N–H and O–H groups in total. The summed E-state index contributed by atoms with van der Waals surface area (Å²) < 4.78 is 12.9. The van der Waals surface area contributed by atoms with Crippen molar-refractivity contribution in [2.45, 2.75) is 6.92 Å². The van der Waals surface area contributed by atoms with Crippen molar-refractivity contribution >= 4 is 17.6 Å². The number of carbonyl (C=O) groups is 2. The Morgan fingerprint density at radius 3 is 2.62 bits per heavy atom. The molecule has 0 spiro atoms. The summed E-state index contributed by atoms with van der Waals surface area (Å²) in [5.74, 6) is -2.14. The van der Waals surface area contributed by atoms with Crippen LogP contribution in [0, 0.1) is 12.7 Å². The normalized spacial score (nSPS) is 10.4. The smallest absolute Gasteiger partial charge is 0.328 e. The third kappa shape index (κ3) is 3.53. The Hall–Kier alpha value is -2.17. The van der Waals surface area contributed by atoms with E-state index in [1.807, 2.05) is 0 Å². The molecule has 0 aliphatic carbocycles. The molecule has 0 radical (unpaired) electrons. The first-order valence-corrected chi connectivity index (χ1v) is 4.47. The van der Waals surface area contributed by atoms with Crippen LogP contribution in [0.2, 0.25) is 0 Å². The van der Waals surface area contributed by atoms with Gasteiger partial charge in [0.15, 0.2) is 0 Å². The van der Waals surface area contributed by atoms with Gasteiger partial charge in [-0.3, -0.25) is 4.79 Å². The molecule has 0 heterocycles. The van der Waals surface area contributed by atoms with E-state index in [2.05, 4.69) is 5.32 Å². The average Bonchev–Trinajstić information content (AvgIpc) is 2.21. The molecule has 1 amide bonds. The van der Waals surface area contributed by atoms with Gasteiger partial charge in [0.1, 0.15) is 5.82 Å². The molecular weight excluding hydrogens is 213 g/mol. The predicted molar refractivity (Wildman–Crippen MR) is 56.5 cm³/mol. The van der Waals surface area contributed by atoms with Crippen molar-refractivity contribution in [2.75, 3.05) is 5.32 Å². The molecule has 1 rings (SSSR count). The van der Waals surface area contributed by atoms with Crippen LogP contribution >= 0.6 is 0 Å². The highest BCUT2D eigenvalue weighted by Crippen LogP contribution is 2.13. The number of carbonyl (C=O) groups excluding carboxylic acids is 1. The van der Waals surface area contributed by atoms with Gasteiger partial charge in [0, 0.05) is 17.8 Å². The van der Waals surface area contributed by atoms with Gasteiger partial charge in [-0.25, -0.2) is 9.18 Å². The molecule has 0 atom stereocenters. The standard InChI is InChI=1S/C11H10FNO3/c1-7-6-8(2-3-9(7)12)13-10(14)4-5-11(15)16/h2-6H,1H3,(H,13,14)(H,15,16). The van der Waals surface area contributed by atoms with E-state index < -0.39 is 11.9 Å². The second kappa shape index (κ2) is 5.06. The van der Waals surface area contributed by atoms with Crippen molar-refractivity contribution in [1.82, 2.24) is 0 Å². The zero-order chi connectivity index (χ0) is 12.1. The number of halogens is 1. The first-order chi connectivity index (χ1) is 7.49. The van der Waals surface area contributed by atoms with E-state index in [0.717, 1.165) is 12.2 Å². The van der Waals surface area contributed by atoms with Crippen molar-refractivity contribution in [1.29, 1.82) is 0 Å². The lowest BCUT2D eigenvalue weighted by Crippen LogP contribution is -2.08. The van der Waals surface area contributed by atoms with Crippen molar-refractivity contribution in [3.63, 3.8) is 0 Å². The number of hydrogen-bond donors (Lipinski definition) is 2. The van der Waals surface area contributed by atoms with Gasteiger partial charge in [-0.2, -0.15) is 0 Å². The Bertz CT molecular complexity index is 455. The summed E-state index contributed by atoms with van der Waals surface area (Å²) in [6, 6.07) is 4.09. The molecule has 5 heteroatoms. The van der Waals surface area contributed by atoms with Gasteiger partial charge in [-0.15, -0.1) is 0 Å². The molecule has 0 aromatic heterocycles. The lowest BCUT2D eigenvalue weighted by molar-refractivity contribution is -0.131. The van der Waals surface area contributed by atoms with Crippen LogP contribution < -0.4 is 5.32 Å². The Kier molecular flexibility index (Phi) is 3.77. The molecule has 1 aromatic carbocycles. The Morgan fingerprint density at radius 2 is 2.06 bits per heavy atom. The number of aliphatic carboxylic acids is 1. The van der Waals surface area contributed by atoms with Gasteiger partial charge in [0.05, 0.1) is 0 Å². The van der Waals surface area contributed by atoms with Gasteiger partial charge in [-0.05, 0) is 30.7 Å². The first kappa shape index (κ1) is 11.9. The fraction of sp³-hybridized carbons (Fsp3) is 0.0909. The van der Waals surface area contributed by atoms with Gasteiger partial charge in [0.2, 0.25) is 5.91 Å². The fourth-order valence-electron chi connectivity index (χ4n) is 1.05. The molecule has 0 aliphatic rings. The molecule has 0 saturated heterocycles. The van der Waals surface area contributed by atoms with Crippen LogP contribution in [0.4, 0.5) is 10.1 Å². The van der Waals surface area contributed by atoms with E-state index in [-0.39, 0.29) is 5.82 Å². The van der Waals surface area contributed by atoms with Crippen molar-refractivity contribution in [2.24, 2.45) is 0 Å². The van der Waals surface area contributed by atoms with Crippen LogP contribution in [-0.4, -0.2) is 17.0 Å². The maximum Gasteiger partial charge on any atom is 0.328 e. The number of hydrogen-bond acceptors (Lipinski definition) is 2. The first-order valence-electron chi connectivity index (χ1n) is 4.47. The fourth-order valence-corrected chi connectivity index (χ4v) is 1.05. The number of rotatable bonds is 3.